The van der Waals surface area contributed by atoms with Crippen molar-refractivity contribution in [2.24, 2.45) is 0 Å². The highest BCUT2D eigenvalue weighted by atomic mass is 19.1. The molecule has 7 nitrogen and oxygen atoms in total. The summed E-state index contributed by atoms with van der Waals surface area (Å²) in [6.07, 6.45) is -0.0980. The Bertz CT molecular complexity index is 1220. The van der Waals surface area contributed by atoms with Crippen LogP contribution < -0.4 is 5.32 Å². The summed E-state index contributed by atoms with van der Waals surface area (Å²) in [5, 5.41) is 22.1. The molecule has 1 fully saturated rings. The lowest BCUT2D eigenvalue weighted by Crippen LogP contribution is -2.29. The second-order valence-corrected chi connectivity index (χ2v) is 8.98. The van der Waals surface area contributed by atoms with Crippen molar-refractivity contribution in [3.8, 4) is 0 Å². The molecule has 33 heavy (non-hydrogen) atoms. The molecule has 3 aliphatic heterocycles. The number of aliphatic hydroxyl groups excluding tert-OH is 2. The molecule has 2 aromatic carbocycles. The molecule has 5 rings (SSSR count). The van der Waals surface area contributed by atoms with Crippen molar-refractivity contribution in [3.05, 3.63) is 76.8 Å². The first-order chi connectivity index (χ1) is 15.6. The van der Waals surface area contributed by atoms with Gasteiger partial charge in [0.25, 0.3) is 11.8 Å². The maximum absolute atomic E-state index is 13.8. The Labute approximate surface area is 189 Å². The number of rotatable bonds is 2. The lowest BCUT2D eigenvalue weighted by atomic mass is 9.91. The minimum absolute atomic E-state index is 0.0921. The highest BCUT2D eigenvalue weighted by Crippen LogP contribution is 2.44. The van der Waals surface area contributed by atoms with Crippen LogP contribution in [-0.2, 0) is 9.53 Å². The highest BCUT2D eigenvalue weighted by Gasteiger charge is 2.38. The molecular formula is C25H23FN2O5. The number of nitrogens with one attached hydrogen (secondary N) is 1. The number of β-amino-alcohol motifs (C(OH)–C–C–N with tert-alkyl or cyclic N) is 2. The number of nitrogens with zero attached hydrogens (tertiary/aromatic N) is 1. The SMILES string of the molecule is CC1(C)O/C(=C2/C(=O)Nc3ccc(F)cc32)C=C1c1ccc(C(=O)N2C[C@H](O)[C@@H](O)C2)cc1. The van der Waals surface area contributed by atoms with E-state index in [1.807, 2.05) is 13.8 Å². The van der Waals surface area contributed by atoms with Crippen LogP contribution in [0.3, 0.4) is 0 Å². The highest BCUT2D eigenvalue weighted by molar-refractivity contribution is 6.32. The lowest BCUT2D eigenvalue weighted by molar-refractivity contribution is -0.111. The summed E-state index contributed by atoms with van der Waals surface area (Å²) in [6, 6.07) is 11.1. The normalized spacial score (nSPS) is 25.5. The van der Waals surface area contributed by atoms with E-state index in [0.29, 0.717) is 22.6 Å². The first-order valence-electron chi connectivity index (χ1n) is 10.7. The van der Waals surface area contributed by atoms with Crippen molar-refractivity contribution in [1.82, 2.24) is 4.90 Å². The van der Waals surface area contributed by atoms with E-state index in [0.717, 1.165) is 11.1 Å². The quantitative estimate of drug-likeness (QED) is 0.611. The summed E-state index contributed by atoms with van der Waals surface area (Å²) in [4.78, 5) is 26.7. The van der Waals surface area contributed by atoms with Crippen LogP contribution in [0.5, 0.6) is 0 Å². The van der Waals surface area contributed by atoms with Crippen LogP contribution in [-0.4, -0.2) is 57.8 Å². The van der Waals surface area contributed by atoms with Crippen LogP contribution in [0.2, 0.25) is 0 Å². The average Bonchev–Trinajstić information content (AvgIpc) is 3.39. The number of hydrogen-bond acceptors (Lipinski definition) is 5. The molecule has 1 saturated heterocycles. The molecule has 170 valence electrons. The van der Waals surface area contributed by atoms with E-state index in [1.165, 1.54) is 23.1 Å². The van der Waals surface area contributed by atoms with E-state index in [2.05, 4.69) is 5.32 Å². The molecule has 3 aliphatic rings. The maximum Gasteiger partial charge on any atom is 0.260 e. The molecule has 2 amide bonds. The Balaban J connectivity index is 1.47. The number of allylic oxidation sites excluding steroid dienone is 1. The Kier molecular flexibility index (Phi) is 4.88. The van der Waals surface area contributed by atoms with Crippen molar-refractivity contribution in [3.63, 3.8) is 0 Å². The number of carbonyl (C=O) groups is 2. The number of likely N-dealkylation sites (tertiary alicyclic amines) is 1. The predicted octanol–water partition coefficient (Wildman–Crippen LogP) is 2.56. The van der Waals surface area contributed by atoms with Crippen LogP contribution in [0.1, 0.15) is 35.3 Å². The van der Waals surface area contributed by atoms with Gasteiger partial charge in [0, 0.05) is 35.5 Å². The number of amides is 2. The van der Waals surface area contributed by atoms with Crippen LogP contribution in [0, 0.1) is 5.82 Å². The van der Waals surface area contributed by atoms with Gasteiger partial charge in [-0.25, -0.2) is 4.39 Å². The summed E-state index contributed by atoms with van der Waals surface area (Å²) in [5.41, 5.74) is 2.58. The summed E-state index contributed by atoms with van der Waals surface area (Å²) >= 11 is 0. The molecule has 0 spiro atoms. The fourth-order valence-electron chi connectivity index (χ4n) is 4.51. The maximum atomic E-state index is 13.8. The molecule has 2 atom stereocenters. The Morgan fingerprint density at radius 1 is 1.12 bits per heavy atom. The summed E-state index contributed by atoms with van der Waals surface area (Å²) in [6.45, 7) is 3.93. The zero-order valence-electron chi connectivity index (χ0n) is 18.1. The molecule has 0 saturated carbocycles. The fourth-order valence-corrected chi connectivity index (χ4v) is 4.51. The summed E-state index contributed by atoms with van der Waals surface area (Å²) < 4.78 is 19.9. The van der Waals surface area contributed by atoms with Gasteiger partial charge < -0.3 is 25.2 Å². The van der Waals surface area contributed by atoms with Gasteiger partial charge in [0.2, 0.25) is 0 Å². The molecular weight excluding hydrogens is 427 g/mol. The molecule has 0 radical (unpaired) electrons. The fraction of sp³-hybridized carbons (Fsp3) is 0.280. The number of aliphatic hydroxyl groups is 2. The van der Waals surface area contributed by atoms with Gasteiger partial charge in [-0.15, -0.1) is 0 Å². The van der Waals surface area contributed by atoms with E-state index in [9.17, 15) is 24.2 Å². The van der Waals surface area contributed by atoms with E-state index in [4.69, 9.17) is 4.74 Å². The Morgan fingerprint density at radius 3 is 2.45 bits per heavy atom. The summed E-state index contributed by atoms with van der Waals surface area (Å²) in [7, 11) is 0. The topological polar surface area (TPSA) is 99.1 Å². The van der Waals surface area contributed by atoms with Crippen LogP contribution >= 0.6 is 0 Å². The first-order valence-corrected chi connectivity index (χ1v) is 10.7. The number of halogens is 1. The molecule has 3 heterocycles. The van der Waals surface area contributed by atoms with Crippen molar-refractivity contribution in [2.75, 3.05) is 18.4 Å². The van der Waals surface area contributed by atoms with Crippen molar-refractivity contribution in [2.45, 2.75) is 31.7 Å². The number of ether oxygens (including phenoxy) is 1. The van der Waals surface area contributed by atoms with E-state index in [-0.39, 0.29) is 30.5 Å². The van der Waals surface area contributed by atoms with Crippen molar-refractivity contribution >= 4 is 28.6 Å². The zero-order chi connectivity index (χ0) is 23.5. The zero-order valence-corrected chi connectivity index (χ0v) is 18.1. The number of hydrogen-bond donors (Lipinski definition) is 3. The van der Waals surface area contributed by atoms with Crippen LogP contribution in [0.25, 0.3) is 11.1 Å². The molecule has 0 aromatic heterocycles. The van der Waals surface area contributed by atoms with Crippen LogP contribution in [0.15, 0.2) is 54.3 Å². The molecule has 8 heteroatoms. The van der Waals surface area contributed by atoms with Gasteiger partial charge in [-0.2, -0.15) is 0 Å². The third kappa shape index (κ3) is 3.61. The number of fused-ring (bicyclic) bond motifs is 1. The van der Waals surface area contributed by atoms with E-state index in [1.54, 1.807) is 30.3 Å². The van der Waals surface area contributed by atoms with E-state index >= 15 is 0 Å². The molecule has 0 aliphatic carbocycles. The monoisotopic (exact) mass is 450 g/mol. The second-order valence-electron chi connectivity index (χ2n) is 8.98. The Morgan fingerprint density at radius 2 is 1.79 bits per heavy atom. The van der Waals surface area contributed by atoms with E-state index < -0.39 is 23.6 Å². The van der Waals surface area contributed by atoms with Gasteiger partial charge in [0.05, 0.1) is 17.8 Å². The minimum atomic E-state index is -0.937. The Hall–Kier alpha value is -3.49. The number of benzene rings is 2. The molecule has 2 aromatic rings. The van der Waals surface area contributed by atoms with Crippen molar-refractivity contribution in [1.29, 1.82) is 0 Å². The van der Waals surface area contributed by atoms with Gasteiger partial charge in [0.1, 0.15) is 17.2 Å². The van der Waals surface area contributed by atoms with Crippen molar-refractivity contribution < 1.29 is 28.9 Å². The molecule has 0 bridgehead atoms. The largest absolute Gasteiger partial charge is 0.482 e. The van der Waals surface area contributed by atoms with Gasteiger partial charge in [-0.3, -0.25) is 9.59 Å². The number of anilines is 1. The first kappa shape index (κ1) is 21.4. The smallest absolute Gasteiger partial charge is 0.260 e. The van der Waals surface area contributed by atoms with Gasteiger partial charge in [-0.1, -0.05) is 12.1 Å². The lowest BCUT2D eigenvalue weighted by Gasteiger charge is -2.23. The van der Waals surface area contributed by atoms with Gasteiger partial charge >= 0.3 is 0 Å². The molecule has 0 unspecified atom stereocenters. The van der Waals surface area contributed by atoms with Crippen LogP contribution in [0.4, 0.5) is 10.1 Å². The summed E-state index contributed by atoms with van der Waals surface area (Å²) in [5.74, 6) is -0.702. The third-order valence-corrected chi connectivity index (χ3v) is 6.25. The van der Waals surface area contributed by atoms with Gasteiger partial charge in [0.15, 0.2) is 0 Å². The third-order valence-electron chi connectivity index (χ3n) is 6.25. The standard InChI is InChI=1S/C25H23FN2O5/c1-25(2)17(10-21(33-25)22-16-9-15(26)7-8-18(16)27-23(22)31)13-3-5-14(6-4-13)24(32)28-11-19(29)20(30)12-28/h3-10,19-20,29-30H,11-12H2,1-2H3,(H,27,31)/b22-21+/t19-,20-/m0/s1. The molecule has 3 N–H and O–H groups in total. The number of carbonyl (C=O) groups excluding carboxylic acids is 2. The minimum Gasteiger partial charge on any atom is -0.482 e. The second kappa shape index (κ2) is 7.54. The average molecular weight is 450 g/mol. The predicted molar refractivity (Wildman–Crippen MR) is 119 cm³/mol. The van der Waals surface area contributed by atoms with Gasteiger partial charge in [-0.05, 0) is 55.8 Å².